The van der Waals surface area contributed by atoms with Crippen molar-refractivity contribution in [2.75, 3.05) is 19.0 Å². The number of hydrogen-bond donors (Lipinski definition) is 1. The lowest BCUT2D eigenvalue weighted by molar-refractivity contribution is 0.412. The topological polar surface area (TPSA) is 21.3 Å². The van der Waals surface area contributed by atoms with Gasteiger partial charge in [0.25, 0.3) is 0 Å². The third kappa shape index (κ3) is 2.49. The quantitative estimate of drug-likeness (QED) is 0.837. The molecule has 2 heteroatoms. The highest BCUT2D eigenvalue weighted by Gasteiger charge is 2.17. The van der Waals surface area contributed by atoms with Gasteiger partial charge in [-0.05, 0) is 42.5 Å². The second kappa shape index (κ2) is 5.24. The summed E-state index contributed by atoms with van der Waals surface area (Å²) in [6, 6.07) is 6.32. The van der Waals surface area contributed by atoms with E-state index in [9.17, 15) is 0 Å². The average molecular weight is 219 g/mol. The fourth-order valence-electron chi connectivity index (χ4n) is 2.37. The van der Waals surface area contributed by atoms with Gasteiger partial charge in [0.2, 0.25) is 0 Å². The van der Waals surface area contributed by atoms with Crippen molar-refractivity contribution >= 4 is 5.69 Å². The Hall–Kier alpha value is -1.18. The van der Waals surface area contributed by atoms with E-state index < -0.39 is 0 Å². The summed E-state index contributed by atoms with van der Waals surface area (Å²) >= 11 is 0. The van der Waals surface area contributed by atoms with Crippen molar-refractivity contribution in [2.24, 2.45) is 5.92 Å². The number of hydrogen-bond acceptors (Lipinski definition) is 2. The number of unbranched alkanes of at least 4 members (excludes halogenated alkanes) is 1. The lowest BCUT2D eigenvalue weighted by Gasteiger charge is -2.26. The van der Waals surface area contributed by atoms with Crippen LogP contribution in [0.4, 0.5) is 5.69 Å². The van der Waals surface area contributed by atoms with Gasteiger partial charge in [-0.25, -0.2) is 0 Å². The van der Waals surface area contributed by atoms with Crippen molar-refractivity contribution in [3.63, 3.8) is 0 Å². The fraction of sp³-hybridized carbons (Fsp3) is 0.571. The first-order chi connectivity index (χ1) is 7.83. The van der Waals surface area contributed by atoms with Crippen LogP contribution in [0.5, 0.6) is 5.75 Å². The fourth-order valence-corrected chi connectivity index (χ4v) is 2.37. The Bertz CT molecular complexity index is 349. The standard InChI is InChI=1S/C14H21NO/c1-3-4-5-11-8-12-9-13(16-2)6-7-14(12)15-10-11/h6-7,9,11,15H,3-5,8,10H2,1-2H3. The molecule has 2 nitrogen and oxygen atoms in total. The van der Waals surface area contributed by atoms with Crippen molar-refractivity contribution in [3.05, 3.63) is 23.8 Å². The molecule has 1 N–H and O–H groups in total. The first-order valence-electron chi connectivity index (χ1n) is 6.24. The van der Waals surface area contributed by atoms with Crippen molar-refractivity contribution in [2.45, 2.75) is 32.6 Å². The van der Waals surface area contributed by atoms with Crippen molar-refractivity contribution < 1.29 is 4.74 Å². The molecular weight excluding hydrogens is 198 g/mol. The number of nitrogens with one attached hydrogen (secondary N) is 1. The largest absolute Gasteiger partial charge is 0.497 e. The first kappa shape index (κ1) is 11.3. The van der Waals surface area contributed by atoms with Crippen LogP contribution in [-0.2, 0) is 6.42 Å². The predicted octanol–water partition coefficient (Wildman–Crippen LogP) is 3.47. The smallest absolute Gasteiger partial charge is 0.119 e. The Labute approximate surface area is 98.0 Å². The highest BCUT2D eigenvalue weighted by atomic mass is 16.5. The zero-order valence-electron chi connectivity index (χ0n) is 10.3. The summed E-state index contributed by atoms with van der Waals surface area (Å²) in [6.45, 7) is 3.38. The van der Waals surface area contributed by atoms with E-state index in [1.54, 1.807) is 7.11 Å². The molecule has 1 aromatic carbocycles. The van der Waals surface area contributed by atoms with E-state index in [0.29, 0.717) is 0 Å². The predicted molar refractivity (Wildman–Crippen MR) is 68.2 cm³/mol. The molecule has 0 saturated carbocycles. The number of fused-ring (bicyclic) bond motifs is 1. The molecule has 1 atom stereocenters. The molecule has 1 aliphatic rings. The molecule has 0 aliphatic carbocycles. The molecule has 0 amide bonds. The third-order valence-electron chi connectivity index (χ3n) is 3.37. The van der Waals surface area contributed by atoms with E-state index in [2.05, 4.69) is 24.4 Å². The molecule has 0 saturated heterocycles. The minimum Gasteiger partial charge on any atom is -0.497 e. The van der Waals surface area contributed by atoms with Gasteiger partial charge in [0.1, 0.15) is 5.75 Å². The summed E-state index contributed by atoms with van der Waals surface area (Å²) in [4.78, 5) is 0. The zero-order chi connectivity index (χ0) is 11.4. The van der Waals surface area contributed by atoms with Crippen molar-refractivity contribution in [1.29, 1.82) is 0 Å². The maximum atomic E-state index is 5.27. The van der Waals surface area contributed by atoms with Crippen LogP contribution in [0.1, 0.15) is 31.7 Å². The van der Waals surface area contributed by atoms with Crippen molar-refractivity contribution in [1.82, 2.24) is 0 Å². The van der Waals surface area contributed by atoms with E-state index in [-0.39, 0.29) is 0 Å². The summed E-state index contributed by atoms with van der Waals surface area (Å²) in [5, 5.41) is 3.52. The molecule has 1 heterocycles. The first-order valence-corrected chi connectivity index (χ1v) is 6.24. The normalized spacial score (nSPS) is 18.8. The van der Waals surface area contributed by atoms with Crippen molar-refractivity contribution in [3.8, 4) is 5.75 Å². The molecule has 1 aliphatic heterocycles. The molecule has 0 radical (unpaired) electrons. The molecule has 0 spiro atoms. The Morgan fingerprint density at radius 1 is 1.44 bits per heavy atom. The van der Waals surface area contributed by atoms with Gasteiger partial charge in [-0.15, -0.1) is 0 Å². The molecule has 0 aromatic heterocycles. The van der Waals surface area contributed by atoms with Gasteiger partial charge in [-0.3, -0.25) is 0 Å². The SMILES string of the molecule is CCCCC1CNc2ccc(OC)cc2C1. The van der Waals surface area contributed by atoms with E-state index in [1.165, 1.54) is 36.9 Å². The minimum absolute atomic E-state index is 0.791. The van der Waals surface area contributed by atoms with Crippen LogP contribution < -0.4 is 10.1 Å². The van der Waals surface area contributed by atoms with Crippen LogP contribution in [-0.4, -0.2) is 13.7 Å². The van der Waals surface area contributed by atoms with E-state index in [0.717, 1.165) is 18.2 Å². The lowest BCUT2D eigenvalue weighted by Crippen LogP contribution is -2.23. The Morgan fingerprint density at radius 2 is 2.31 bits per heavy atom. The maximum absolute atomic E-state index is 5.27. The van der Waals surface area contributed by atoms with Gasteiger partial charge in [0.05, 0.1) is 7.11 Å². The molecule has 1 aromatic rings. The number of anilines is 1. The van der Waals surface area contributed by atoms with Crippen LogP contribution >= 0.6 is 0 Å². The summed E-state index contributed by atoms with van der Waals surface area (Å²) in [7, 11) is 1.73. The number of benzene rings is 1. The van der Waals surface area contributed by atoms with E-state index in [4.69, 9.17) is 4.74 Å². The maximum Gasteiger partial charge on any atom is 0.119 e. The Kier molecular flexibility index (Phi) is 3.70. The molecule has 1 unspecified atom stereocenters. The van der Waals surface area contributed by atoms with Crippen LogP contribution in [0.15, 0.2) is 18.2 Å². The van der Waals surface area contributed by atoms with Crippen LogP contribution in [0, 0.1) is 5.92 Å². The Balaban J connectivity index is 2.06. The minimum atomic E-state index is 0.791. The van der Waals surface area contributed by atoms with E-state index in [1.807, 2.05) is 6.07 Å². The van der Waals surface area contributed by atoms with Gasteiger partial charge in [-0.1, -0.05) is 19.8 Å². The summed E-state index contributed by atoms with van der Waals surface area (Å²) in [5.74, 6) is 1.76. The molecular formula is C14H21NO. The number of methoxy groups -OCH3 is 1. The average Bonchev–Trinajstić information content (AvgIpc) is 2.35. The summed E-state index contributed by atoms with van der Waals surface area (Å²) in [6.07, 6.45) is 5.16. The van der Waals surface area contributed by atoms with Crippen LogP contribution in [0.2, 0.25) is 0 Å². The summed E-state index contributed by atoms with van der Waals surface area (Å²) < 4.78 is 5.27. The summed E-state index contributed by atoms with van der Waals surface area (Å²) in [5.41, 5.74) is 2.69. The van der Waals surface area contributed by atoms with Gasteiger partial charge in [-0.2, -0.15) is 0 Å². The Morgan fingerprint density at radius 3 is 3.06 bits per heavy atom. The highest BCUT2D eigenvalue weighted by Crippen LogP contribution is 2.30. The number of ether oxygens (including phenoxy) is 1. The highest BCUT2D eigenvalue weighted by molar-refractivity contribution is 5.56. The lowest BCUT2D eigenvalue weighted by atomic mass is 9.90. The van der Waals surface area contributed by atoms with Crippen LogP contribution in [0.25, 0.3) is 0 Å². The molecule has 0 bridgehead atoms. The van der Waals surface area contributed by atoms with E-state index >= 15 is 0 Å². The van der Waals surface area contributed by atoms with Gasteiger partial charge < -0.3 is 10.1 Å². The second-order valence-electron chi connectivity index (χ2n) is 4.62. The van der Waals surface area contributed by atoms with Crippen LogP contribution in [0.3, 0.4) is 0 Å². The van der Waals surface area contributed by atoms with Gasteiger partial charge in [0, 0.05) is 12.2 Å². The second-order valence-corrected chi connectivity index (χ2v) is 4.62. The van der Waals surface area contributed by atoms with Gasteiger partial charge in [0.15, 0.2) is 0 Å². The zero-order valence-corrected chi connectivity index (χ0v) is 10.3. The molecule has 88 valence electrons. The monoisotopic (exact) mass is 219 g/mol. The third-order valence-corrected chi connectivity index (χ3v) is 3.37. The molecule has 0 fully saturated rings. The van der Waals surface area contributed by atoms with Gasteiger partial charge >= 0.3 is 0 Å². The molecule has 16 heavy (non-hydrogen) atoms. The number of rotatable bonds is 4. The molecule has 2 rings (SSSR count).